The van der Waals surface area contributed by atoms with E-state index < -0.39 is 5.92 Å². The number of carbonyl (C=O) groups excluding carboxylic acids is 2. The number of ether oxygens (including phenoxy) is 1. The molecule has 1 saturated heterocycles. The number of amides is 1. The number of esters is 1. The van der Waals surface area contributed by atoms with Gasteiger partial charge >= 0.3 is 5.97 Å². The maximum absolute atomic E-state index is 12.4. The van der Waals surface area contributed by atoms with Crippen LogP contribution in [0.15, 0.2) is 42.5 Å². The Morgan fingerprint density at radius 3 is 2.58 bits per heavy atom. The maximum Gasteiger partial charge on any atom is 0.316 e. The van der Waals surface area contributed by atoms with E-state index in [0.29, 0.717) is 17.3 Å². The van der Waals surface area contributed by atoms with Gasteiger partial charge in [0.15, 0.2) is 0 Å². The molecule has 0 radical (unpaired) electrons. The lowest BCUT2D eigenvalue weighted by molar-refractivity contribution is -0.139. The number of aryl methyl sites for hydroxylation is 1. The van der Waals surface area contributed by atoms with Gasteiger partial charge in [-0.2, -0.15) is 0 Å². The van der Waals surface area contributed by atoms with Gasteiger partial charge in [0.2, 0.25) is 5.91 Å². The van der Waals surface area contributed by atoms with Crippen LogP contribution in [0.4, 0.5) is 5.69 Å². The summed E-state index contributed by atoms with van der Waals surface area (Å²) in [5.41, 5.74) is 2.74. The van der Waals surface area contributed by atoms with Crippen molar-refractivity contribution in [1.29, 1.82) is 0 Å². The van der Waals surface area contributed by atoms with Crippen molar-refractivity contribution < 1.29 is 14.3 Å². The number of nitrogens with zero attached hydrogens (tertiary/aromatic N) is 1. The highest BCUT2D eigenvalue weighted by molar-refractivity contribution is 6.30. The molecule has 0 unspecified atom stereocenters. The number of carbonyl (C=O) groups is 2. The third kappa shape index (κ3) is 3.29. The summed E-state index contributed by atoms with van der Waals surface area (Å²) < 4.78 is 5.52. The van der Waals surface area contributed by atoms with Crippen LogP contribution in [0.5, 0.6) is 5.75 Å². The Labute approximate surface area is 146 Å². The summed E-state index contributed by atoms with van der Waals surface area (Å²) in [6.45, 7) is 4.20. The molecule has 0 aromatic heterocycles. The predicted octanol–water partition coefficient (Wildman–Crippen LogP) is 3.92. The van der Waals surface area contributed by atoms with Crippen LogP contribution in [-0.2, 0) is 9.59 Å². The topological polar surface area (TPSA) is 46.6 Å². The van der Waals surface area contributed by atoms with E-state index in [1.807, 2.05) is 26.0 Å². The van der Waals surface area contributed by atoms with Gasteiger partial charge in [-0.3, -0.25) is 9.59 Å². The van der Waals surface area contributed by atoms with Gasteiger partial charge in [-0.15, -0.1) is 0 Å². The van der Waals surface area contributed by atoms with Crippen LogP contribution in [-0.4, -0.2) is 18.4 Å². The first-order valence-corrected chi connectivity index (χ1v) is 8.17. The van der Waals surface area contributed by atoms with Crippen molar-refractivity contribution in [2.45, 2.75) is 20.3 Å². The van der Waals surface area contributed by atoms with E-state index in [1.165, 1.54) is 0 Å². The summed E-state index contributed by atoms with van der Waals surface area (Å²) in [7, 11) is 0. The van der Waals surface area contributed by atoms with E-state index >= 15 is 0 Å². The zero-order chi connectivity index (χ0) is 17.3. The lowest BCUT2D eigenvalue weighted by Crippen LogP contribution is -2.27. The smallest absolute Gasteiger partial charge is 0.316 e. The van der Waals surface area contributed by atoms with Gasteiger partial charge in [0.25, 0.3) is 0 Å². The van der Waals surface area contributed by atoms with Crippen molar-refractivity contribution in [2.75, 3.05) is 11.4 Å². The van der Waals surface area contributed by atoms with Crippen LogP contribution in [0.25, 0.3) is 0 Å². The predicted molar refractivity (Wildman–Crippen MR) is 93.5 cm³/mol. The average molecular weight is 344 g/mol. The standard InChI is InChI=1S/C19H18ClNO3/c1-12-4-3-5-17(13(12)2)24-19(23)14-10-18(22)21(11-14)16-8-6-15(20)7-9-16/h3-9,14H,10-11H2,1-2H3/t14-/m0/s1. The van der Waals surface area contributed by atoms with Crippen LogP contribution in [0.1, 0.15) is 17.5 Å². The molecule has 5 heteroatoms. The maximum atomic E-state index is 12.4. The number of benzene rings is 2. The van der Waals surface area contributed by atoms with Crippen molar-refractivity contribution in [2.24, 2.45) is 5.92 Å². The number of hydrogen-bond acceptors (Lipinski definition) is 3. The second-order valence-corrected chi connectivity index (χ2v) is 6.44. The van der Waals surface area contributed by atoms with Crippen LogP contribution in [0, 0.1) is 19.8 Å². The molecule has 124 valence electrons. The molecule has 3 rings (SSSR count). The second kappa shape index (κ2) is 6.65. The van der Waals surface area contributed by atoms with Gasteiger partial charge in [0, 0.05) is 23.7 Å². The molecule has 0 saturated carbocycles. The summed E-state index contributed by atoms with van der Waals surface area (Å²) in [6, 6.07) is 12.6. The van der Waals surface area contributed by atoms with Crippen molar-refractivity contribution in [3.05, 3.63) is 58.6 Å². The van der Waals surface area contributed by atoms with Crippen LogP contribution in [0.3, 0.4) is 0 Å². The van der Waals surface area contributed by atoms with E-state index in [4.69, 9.17) is 16.3 Å². The Bertz CT molecular complexity index is 786. The van der Waals surface area contributed by atoms with Gasteiger partial charge in [-0.1, -0.05) is 23.7 Å². The van der Waals surface area contributed by atoms with Crippen molar-refractivity contribution in [3.8, 4) is 5.75 Å². The molecule has 2 aromatic carbocycles. The molecular weight excluding hydrogens is 326 g/mol. The largest absolute Gasteiger partial charge is 0.426 e. The van der Waals surface area contributed by atoms with E-state index in [9.17, 15) is 9.59 Å². The highest BCUT2D eigenvalue weighted by Crippen LogP contribution is 2.28. The molecule has 1 fully saturated rings. The van der Waals surface area contributed by atoms with E-state index in [0.717, 1.165) is 16.8 Å². The highest BCUT2D eigenvalue weighted by atomic mass is 35.5. The number of halogens is 1. The fraction of sp³-hybridized carbons (Fsp3) is 0.263. The van der Waals surface area contributed by atoms with Gasteiger partial charge in [0.1, 0.15) is 5.75 Å². The molecular formula is C19H18ClNO3. The third-order valence-electron chi connectivity index (χ3n) is 4.36. The van der Waals surface area contributed by atoms with Crippen LogP contribution in [0.2, 0.25) is 5.02 Å². The highest BCUT2D eigenvalue weighted by Gasteiger charge is 2.36. The lowest BCUT2D eigenvalue weighted by atomic mass is 10.1. The molecule has 1 heterocycles. The summed E-state index contributed by atoms with van der Waals surface area (Å²) in [6.07, 6.45) is 0.159. The minimum atomic E-state index is -0.465. The van der Waals surface area contributed by atoms with Gasteiger partial charge in [0.05, 0.1) is 5.92 Å². The minimum Gasteiger partial charge on any atom is -0.426 e. The number of rotatable bonds is 3. The molecule has 1 aliphatic rings. The van der Waals surface area contributed by atoms with Crippen molar-refractivity contribution in [3.63, 3.8) is 0 Å². The Balaban J connectivity index is 1.72. The molecule has 0 aliphatic carbocycles. The molecule has 4 nitrogen and oxygen atoms in total. The Morgan fingerprint density at radius 1 is 1.17 bits per heavy atom. The van der Waals surface area contributed by atoms with E-state index in [1.54, 1.807) is 35.2 Å². The number of hydrogen-bond donors (Lipinski definition) is 0. The van der Waals surface area contributed by atoms with Gasteiger partial charge in [-0.25, -0.2) is 0 Å². The molecule has 2 aromatic rings. The van der Waals surface area contributed by atoms with Gasteiger partial charge in [-0.05, 0) is 55.3 Å². The van der Waals surface area contributed by atoms with Crippen molar-refractivity contribution >= 4 is 29.2 Å². The SMILES string of the molecule is Cc1cccc(OC(=O)[C@H]2CC(=O)N(c3ccc(Cl)cc3)C2)c1C. The normalized spacial score (nSPS) is 17.2. The quantitative estimate of drug-likeness (QED) is 0.627. The molecule has 1 atom stereocenters. The zero-order valence-electron chi connectivity index (χ0n) is 13.6. The van der Waals surface area contributed by atoms with Gasteiger partial charge < -0.3 is 9.64 Å². The summed E-state index contributed by atoms with van der Waals surface area (Å²) in [4.78, 5) is 26.3. The Morgan fingerprint density at radius 2 is 1.88 bits per heavy atom. The fourth-order valence-electron chi connectivity index (χ4n) is 2.76. The summed E-state index contributed by atoms with van der Waals surface area (Å²) in [5.74, 6) is -0.362. The monoisotopic (exact) mass is 343 g/mol. The zero-order valence-corrected chi connectivity index (χ0v) is 14.3. The molecule has 0 N–H and O–H groups in total. The molecule has 1 amide bonds. The van der Waals surface area contributed by atoms with Crippen molar-refractivity contribution in [1.82, 2.24) is 0 Å². The van der Waals surface area contributed by atoms with E-state index in [-0.39, 0.29) is 18.3 Å². The molecule has 1 aliphatic heterocycles. The molecule has 0 bridgehead atoms. The first-order valence-electron chi connectivity index (χ1n) is 7.79. The lowest BCUT2D eigenvalue weighted by Gasteiger charge is -2.17. The average Bonchev–Trinajstić information content (AvgIpc) is 2.94. The number of anilines is 1. The van der Waals surface area contributed by atoms with Crippen LogP contribution < -0.4 is 9.64 Å². The molecule has 24 heavy (non-hydrogen) atoms. The Kier molecular flexibility index (Phi) is 4.58. The first-order chi connectivity index (χ1) is 11.5. The third-order valence-corrected chi connectivity index (χ3v) is 4.61. The minimum absolute atomic E-state index is 0.0831. The Hall–Kier alpha value is -2.33. The molecule has 0 spiro atoms. The second-order valence-electron chi connectivity index (χ2n) is 6.00. The summed E-state index contributed by atoms with van der Waals surface area (Å²) in [5, 5.41) is 0.608. The van der Waals surface area contributed by atoms with E-state index in [2.05, 4.69) is 0 Å². The first kappa shape index (κ1) is 16.5. The van der Waals surface area contributed by atoms with Crippen LogP contribution >= 0.6 is 11.6 Å². The summed E-state index contributed by atoms with van der Waals surface area (Å²) >= 11 is 5.87. The fourth-order valence-corrected chi connectivity index (χ4v) is 2.89.